The molecule has 6 heteroatoms. The molecular weight excluding hydrogens is 272 g/mol. The SMILES string of the molecule is CCCCC(CC)CNc1cc([N+](=O)[O-])ccc1C(=O)O. The summed E-state index contributed by atoms with van der Waals surface area (Å²) in [7, 11) is 0. The number of nitrogens with one attached hydrogen (secondary N) is 1. The lowest BCUT2D eigenvalue weighted by Gasteiger charge is -2.17. The van der Waals surface area contributed by atoms with E-state index in [0.717, 1.165) is 25.7 Å². The van der Waals surface area contributed by atoms with Crippen molar-refractivity contribution in [1.29, 1.82) is 0 Å². The van der Waals surface area contributed by atoms with E-state index >= 15 is 0 Å². The van der Waals surface area contributed by atoms with Crippen LogP contribution in [0.5, 0.6) is 0 Å². The van der Waals surface area contributed by atoms with Gasteiger partial charge in [0, 0.05) is 18.7 Å². The molecule has 1 atom stereocenters. The van der Waals surface area contributed by atoms with Gasteiger partial charge in [-0.1, -0.05) is 33.1 Å². The third-order valence-electron chi connectivity index (χ3n) is 3.57. The zero-order valence-electron chi connectivity index (χ0n) is 12.5. The number of nitro groups is 1. The monoisotopic (exact) mass is 294 g/mol. The molecule has 0 aliphatic rings. The molecule has 0 radical (unpaired) electrons. The fraction of sp³-hybridized carbons (Fsp3) is 0.533. The van der Waals surface area contributed by atoms with Gasteiger partial charge in [0.15, 0.2) is 0 Å². The predicted molar refractivity (Wildman–Crippen MR) is 81.9 cm³/mol. The second kappa shape index (κ2) is 8.24. The second-order valence-electron chi connectivity index (χ2n) is 5.09. The van der Waals surface area contributed by atoms with E-state index in [1.807, 2.05) is 0 Å². The van der Waals surface area contributed by atoms with Crippen LogP contribution in [0, 0.1) is 16.0 Å². The first-order valence-corrected chi connectivity index (χ1v) is 7.25. The molecule has 1 aromatic carbocycles. The quantitative estimate of drug-likeness (QED) is 0.532. The number of hydrogen-bond acceptors (Lipinski definition) is 4. The lowest BCUT2D eigenvalue weighted by Crippen LogP contribution is -2.16. The number of benzene rings is 1. The average Bonchev–Trinajstić information content (AvgIpc) is 2.46. The van der Waals surface area contributed by atoms with Crippen LogP contribution in [0.15, 0.2) is 18.2 Å². The van der Waals surface area contributed by atoms with Crippen molar-refractivity contribution in [1.82, 2.24) is 0 Å². The average molecular weight is 294 g/mol. The van der Waals surface area contributed by atoms with Crippen molar-refractivity contribution in [3.63, 3.8) is 0 Å². The first-order chi connectivity index (χ1) is 9.99. The van der Waals surface area contributed by atoms with E-state index in [4.69, 9.17) is 5.11 Å². The van der Waals surface area contributed by atoms with Gasteiger partial charge in [-0.15, -0.1) is 0 Å². The third-order valence-corrected chi connectivity index (χ3v) is 3.57. The molecule has 0 aliphatic heterocycles. The molecule has 1 unspecified atom stereocenters. The minimum Gasteiger partial charge on any atom is -0.478 e. The summed E-state index contributed by atoms with van der Waals surface area (Å²) in [4.78, 5) is 21.5. The van der Waals surface area contributed by atoms with Gasteiger partial charge in [-0.25, -0.2) is 4.79 Å². The summed E-state index contributed by atoms with van der Waals surface area (Å²) < 4.78 is 0. The molecule has 0 saturated carbocycles. The number of nitro benzene ring substituents is 1. The summed E-state index contributed by atoms with van der Waals surface area (Å²) in [6.45, 7) is 4.84. The van der Waals surface area contributed by atoms with Crippen LogP contribution < -0.4 is 5.32 Å². The Kier molecular flexibility index (Phi) is 6.65. The topological polar surface area (TPSA) is 92.5 Å². The highest BCUT2D eigenvalue weighted by atomic mass is 16.6. The van der Waals surface area contributed by atoms with E-state index < -0.39 is 10.9 Å². The summed E-state index contributed by atoms with van der Waals surface area (Å²) in [5, 5.41) is 23.0. The lowest BCUT2D eigenvalue weighted by molar-refractivity contribution is -0.384. The van der Waals surface area contributed by atoms with Crippen LogP contribution in [-0.2, 0) is 0 Å². The van der Waals surface area contributed by atoms with Crippen LogP contribution in [0.25, 0.3) is 0 Å². The van der Waals surface area contributed by atoms with Crippen LogP contribution in [-0.4, -0.2) is 22.5 Å². The number of carboxylic acids is 1. The van der Waals surface area contributed by atoms with E-state index in [0.29, 0.717) is 18.2 Å². The van der Waals surface area contributed by atoms with E-state index in [-0.39, 0.29) is 11.3 Å². The van der Waals surface area contributed by atoms with Gasteiger partial charge < -0.3 is 10.4 Å². The number of carboxylic acid groups (broad SMARTS) is 1. The molecule has 21 heavy (non-hydrogen) atoms. The molecule has 0 fully saturated rings. The number of carbonyl (C=O) groups is 1. The number of unbranched alkanes of at least 4 members (excludes halogenated alkanes) is 1. The van der Waals surface area contributed by atoms with Crippen molar-refractivity contribution in [3.05, 3.63) is 33.9 Å². The largest absolute Gasteiger partial charge is 0.478 e. The molecule has 2 N–H and O–H groups in total. The Bertz CT molecular complexity index is 502. The van der Waals surface area contributed by atoms with Crippen LogP contribution in [0.4, 0.5) is 11.4 Å². The van der Waals surface area contributed by atoms with Crippen molar-refractivity contribution in [2.24, 2.45) is 5.92 Å². The fourth-order valence-electron chi connectivity index (χ4n) is 2.18. The highest BCUT2D eigenvalue weighted by Crippen LogP contribution is 2.24. The van der Waals surface area contributed by atoms with Crippen molar-refractivity contribution in [3.8, 4) is 0 Å². The Labute approximate surface area is 124 Å². The summed E-state index contributed by atoms with van der Waals surface area (Å²) in [5.41, 5.74) is 0.265. The van der Waals surface area contributed by atoms with Crippen LogP contribution >= 0.6 is 0 Å². The van der Waals surface area contributed by atoms with Gasteiger partial charge in [0.1, 0.15) is 0 Å². The van der Waals surface area contributed by atoms with Gasteiger partial charge in [-0.2, -0.15) is 0 Å². The molecule has 0 spiro atoms. The molecule has 0 bridgehead atoms. The first-order valence-electron chi connectivity index (χ1n) is 7.25. The number of hydrogen-bond donors (Lipinski definition) is 2. The maximum Gasteiger partial charge on any atom is 0.337 e. The number of nitrogens with zero attached hydrogens (tertiary/aromatic N) is 1. The number of non-ortho nitro benzene ring substituents is 1. The molecule has 0 amide bonds. The van der Waals surface area contributed by atoms with Gasteiger partial charge in [0.05, 0.1) is 16.2 Å². The Morgan fingerprint density at radius 2 is 2.14 bits per heavy atom. The fourth-order valence-corrected chi connectivity index (χ4v) is 2.18. The van der Waals surface area contributed by atoms with Crippen molar-refractivity contribution in [2.45, 2.75) is 39.5 Å². The molecule has 0 aliphatic carbocycles. The van der Waals surface area contributed by atoms with E-state index in [1.54, 1.807) is 0 Å². The standard InChI is InChI=1S/C15H22N2O4/c1-3-5-6-11(4-2)10-16-14-9-12(17(20)21)7-8-13(14)15(18)19/h7-9,11,16H,3-6,10H2,1-2H3,(H,18,19). The third kappa shape index (κ3) is 5.06. The summed E-state index contributed by atoms with van der Waals surface area (Å²) in [6.07, 6.45) is 4.30. The Morgan fingerprint density at radius 3 is 2.67 bits per heavy atom. The van der Waals surface area contributed by atoms with Crippen molar-refractivity contribution >= 4 is 17.3 Å². The second-order valence-corrected chi connectivity index (χ2v) is 5.09. The molecule has 116 valence electrons. The van der Waals surface area contributed by atoms with Crippen LogP contribution in [0.2, 0.25) is 0 Å². The molecule has 1 rings (SSSR count). The smallest absolute Gasteiger partial charge is 0.337 e. The highest BCUT2D eigenvalue weighted by molar-refractivity contribution is 5.94. The maximum atomic E-state index is 11.2. The predicted octanol–water partition coefficient (Wildman–Crippen LogP) is 3.92. The van der Waals surface area contributed by atoms with E-state index in [2.05, 4.69) is 19.2 Å². The molecular formula is C15H22N2O4. The molecule has 6 nitrogen and oxygen atoms in total. The van der Waals surface area contributed by atoms with Crippen LogP contribution in [0.1, 0.15) is 49.9 Å². The number of anilines is 1. The van der Waals surface area contributed by atoms with Gasteiger partial charge >= 0.3 is 5.97 Å². The summed E-state index contributed by atoms with van der Waals surface area (Å²) >= 11 is 0. The maximum absolute atomic E-state index is 11.2. The number of rotatable bonds is 9. The van der Waals surface area contributed by atoms with Gasteiger partial charge in [0.25, 0.3) is 5.69 Å². The molecule has 1 aromatic rings. The lowest BCUT2D eigenvalue weighted by atomic mass is 9.99. The zero-order valence-corrected chi connectivity index (χ0v) is 12.5. The van der Waals surface area contributed by atoms with Crippen molar-refractivity contribution < 1.29 is 14.8 Å². The summed E-state index contributed by atoms with van der Waals surface area (Å²) in [6, 6.07) is 3.77. The normalized spacial score (nSPS) is 11.9. The van der Waals surface area contributed by atoms with Gasteiger partial charge in [0.2, 0.25) is 0 Å². The number of aromatic carboxylic acids is 1. The minimum atomic E-state index is -1.09. The zero-order chi connectivity index (χ0) is 15.8. The van der Waals surface area contributed by atoms with Crippen molar-refractivity contribution in [2.75, 3.05) is 11.9 Å². The Hall–Kier alpha value is -2.11. The molecule has 0 heterocycles. The highest BCUT2D eigenvalue weighted by Gasteiger charge is 2.16. The first kappa shape index (κ1) is 16.9. The van der Waals surface area contributed by atoms with Gasteiger partial charge in [-0.05, 0) is 18.4 Å². The molecule has 0 aromatic heterocycles. The summed E-state index contributed by atoms with van der Waals surface area (Å²) in [5.74, 6) is -0.653. The van der Waals surface area contributed by atoms with E-state index in [9.17, 15) is 14.9 Å². The minimum absolute atomic E-state index is 0.0611. The Balaban J connectivity index is 2.86. The molecule has 0 saturated heterocycles. The van der Waals surface area contributed by atoms with E-state index in [1.165, 1.54) is 18.2 Å². The van der Waals surface area contributed by atoms with Gasteiger partial charge in [-0.3, -0.25) is 10.1 Å². The Morgan fingerprint density at radius 1 is 1.43 bits per heavy atom. The van der Waals surface area contributed by atoms with Crippen LogP contribution in [0.3, 0.4) is 0 Å².